The first-order chi connectivity index (χ1) is 13.3. The average molecular weight is 407 g/mol. The van der Waals surface area contributed by atoms with Crippen LogP contribution >= 0.6 is 0 Å². The number of hydrogen-bond acceptors (Lipinski definition) is 5. The SMILES string of the molecule is CCC1OC(C(C)(C)COC(=O)CCc2cc(C)c(O)c(C(C)(C)C)c2)OC1C. The van der Waals surface area contributed by atoms with Gasteiger partial charge in [-0.15, -0.1) is 0 Å². The van der Waals surface area contributed by atoms with Gasteiger partial charge < -0.3 is 19.3 Å². The van der Waals surface area contributed by atoms with Crippen molar-refractivity contribution in [2.24, 2.45) is 5.41 Å². The second-order valence-corrected chi connectivity index (χ2v) is 9.96. The van der Waals surface area contributed by atoms with Crippen LogP contribution in [0.5, 0.6) is 5.75 Å². The second kappa shape index (κ2) is 9.05. The maximum atomic E-state index is 12.3. The summed E-state index contributed by atoms with van der Waals surface area (Å²) in [6, 6.07) is 3.93. The van der Waals surface area contributed by atoms with Crippen LogP contribution in [0.25, 0.3) is 0 Å². The fourth-order valence-electron chi connectivity index (χ4n) is 3.60. The van der Waals surface area contributed by atoms with E-state index in [9.17, 15) is 9.90 Å². The zero-order valence-electron chi connectivity index (χ0n) is 19.3. The van der Waals surface area contributed by atoms with E-state index in [1.165, 1.54) is 0 Å². The van der Waals surface area contributed by atoms with Gasteiger partial charge in [0.05, 0.1) is 12.2 Å². The maximum Gasteiger partial charge on any atom is 0.306 e. The molecule has 1 aromatic carbocycles. The van der Waals surface area contributed by atoms with Crippen LogP contribution in [-0.4, -0.2) is 36.2 Å². The highest BCUT2D eigenvalue weighted by Crippen LogP contribution is 2.35. The third kappa shape index (κ3) is 5.95. The summed E-state index contributed by atoms with van der Waals surface area (Å²) in [5.74, 6) is 0.0981. The third-order valence-electron chi connectivity index (χ3n) is 5.59. The van der Waals surface area contributed by atoms with Gasteiger partial charge in [0.25, 0.3) is 0 Å². The summed E-state index contributed by atoms with van der Waals surface area (Å²) in [5, 5.41) is 10.4. The van der Waals surface area contributed by atoms with Crippen LogP contribution in [0.4, 0.5) is 0 Å². The smallest absolute Gasteiger partial charge is 0.306 e. The Morgan fingerprint density at radius 3 is 2.38 bits per heavy atom. The highest BCUT2D eigenvalue weighted by Gasteiger charge is 2.42. The molecule has 0 amide bonds. The Morgan fingerprint density at radius 1 is 1.17 bits per heavy atom. The molecule has 5 nitrogen and oxygen atoms in total. The molecule has 29 heavy (non-hydrogen) atoms. The molecule has 3 unspecified atom stereocenters. The van der Waals surface area contributed by atoms with E-state index >= 15 is 0 Å². The zero-order valence-corrected chi connectivity index (χ0v) is 19.3. The highest BCUT2D eigenvalue weighted by molar-refractivity contribution is 5.69. The second-order valence-electron chi connectivity index (χ2n) is 9.96. The van der Waals surface area contributed by atoms with Gasteiger partial charge >= 0.3 is 5.97 Å². The predicted octanol–water partition coefficient (Wildman–Crippen LogP) is 5.04. The number of aromatic hydroxyl groups is 1. The summed E-state index contributed by atoms with van der Waals surface area (Å²) in [7, 11) is 0. The van der Waals surface area contributed by atoms with Crippen molar-refractivity contribution < 1.29 is 24.1 Å². The number of phenolic OH excluding ortho intramolecular Hbond substituents is 1. The Bertz CT molecular complexity index is 717. The van der Waals surface area contributed by atoms with Gasteiger partial charge in [0.2, 0.25) is 0 Å². The van der Waals surface area contributed by atoms with E-state index in [1.54, 1.807) is 0 Å². The number of esters is 1. The lowest BCUT2D eigenvalue weighted by Gasteiger charge is -2.29. The Kier molecular flexibility index (Phi) is 7.39. The van der Waals surface area contributed by atoms with Gasteiger partial charge in [0.1, 0.15) is 12.4 Å². The minimum Gasteiger partial charge on any atom is -0.507 e. The van der Waals surface area contributed by atoms with Crippen molar-refractivity contribution in [2.45, 2.75) is 98.6 Å². The van der Waals surface area contributed by atoms with E-state index in [2.05, 4.69) is 27.7 Å². The first-order valence-electron chi connectivity index (χ1n) is 10.6. The molecular weight excluding hydrogens is 368 g/mol. The van der Waals surface area contributed by atoms with Gasteiger partial charge in [-0.25, -0.2) is 0 Å². The molecule has 0 aliphatic carbocycles. The summed E-state index contributed by atoms with van der Waals surface area (Å²) in [6.07, 6.45) is 1.54. The van der Waals surface area contributed by atoms with Crippen molar-refractivity contribution in [2.75, 3.05) is 6.61 Å². The number of carbonyl (C=O) groups excluding carboxylic acids is 1. The van der Waals surface area contributed by atoms with Crippen LogP contribution in [-0.2, 0) is 30.8 Å². The molecular formula is C24H38O5. The van der Waals surface area contributed by atoms with Gasteiger partial charge in [-0.2, -0.15) is 0 Å². The number of aryl methyl sites for hydroxylation is 2. The molecule has 1 aliphatic heterocycles. The van der Waals surface area contributed by atoms with Gasteiger partial charge in [0, 0.05) is 11.8 Å². The van der Waals surface area contributed by atoms with Gasteiger partial charge in [-0.3, -0.25) is 4.79 Å². The first-order valence-corrected chi connectivity index (χ1v) is 10.6. The number of carbonyl (C=O) groups is 1. The molecule has 1 N–H and O–H groups in total. The highest BCUT2D eigenvalue weighted by atomic mass is 16.7. The van der Waals surface area contributed by atoms with Crippen molar-refractivity contribution in [1.29, 1.82) is 0 Å². The monoisotopic (exact) mass is 406 g/mol. The molecule has 2 rings (SSSR count). The van der Waals surface area contributed by atoms with Gasteiger partial charge in [-0.05, 0) is 48.8 Å². The van der Waals surface area contributed by atoms with E-state index in [1.807, 2.05) is 39.8 Å². The standard InChI is InChI=1S/C24H38O5/c1-9-19-16(3)28-22(29-19)24(7,8)14-27-20(25)11-10-17-12-15(2)21(26)18(13-17)23(4,5)6/h12-13,16,19,22,26H,9-11,14H2,1-8H3. The van der Waals surface area contributed by atoms with Crippen LogP contribution < -0.4 is 0 Å². The molecule has 3 atom stereocenters. The molecule has 1 fully saturated rings. The quantitative estimate of drug-likeness (QED) is 0.643. The summed E-state index contributed by atoms with van der Waals surface area (Å²) >= 11 is 0. The lowest BCUT2D eigenvalue weighted by molar-refractivity contribution is -0.170. The van der Waals surface area contributed by atoms with Gasteiger partial charge in [0.15, 0.2) is 6.29 Å². The summed E-state index contributed by atoms with van der Waals surface area (Å²) in [4.78, 5) is 12.3. The average Bonchev–Trinajstić information content (AvgIpc) is 3.01. The number of ether oxygens (including phenoxy) is 3. The number of rotatable bonds is 7. The van der Waals surface area contributed by atoms with Crippen LogP contribution in [0, 0.1) is 12.3 Å². The molecule has 0 aromatic heterocycles. The molecule has 0 bridgehead atoms. The van der Waals surface area contributed by atoms with E-state index in [0.717, 1.165) is 23.1 Å². The van der Waals surface area contributed by atoms with Crippen molar-refractivity contribution in [3.05, 3.63) is 28.8 Å². The molecule has 5 heteroatoms. The van der Waals surface area contributed by atoms with Crippen LogP contribution in [0.15, 0.2) is 12.1 Å². The summed E-state index contributed by atoms with van der Waals surface area (Å²) in [5.41, 5.74) is 2.18. The van der Waals surface area contributed by atoms with Gasteiger partial charge in [-0.1, -0.05) is 53.7 Å². The molecule has 164 valence electrons. The predicted molar refractivity (Wildman–Crippen MR) is 114 cm³/mol. The zero-order chi connectivity index (χ0) is 22.0. The molecule has 0 spiro atoms. The molecule has 1 heterocycles. The fourth-order valence-corrected chi connectivity index (χ4v) is 3.60. The number of benzene rings is 1. The topological polar surface area (TPSA) is 65.0 Å². The Hall–Kier alpha value is -1.59. The van der Waals surface area contributed by atoms with Crippen molar-refractivity contribution in [3.8, 4) is 5.75 Å². The van der Waals surface area contributed by atoms with E-state index in [-0.39, 0.29) is 36.5 Å². The molecule has 0 radical (unpaired) electrons. The van der Waals surface area contributed by atoms with Crippen LogP contribution in [0.2, 0.25) is 0 Å². The first kappa shape index (κ1) is 23.7. The minimum absolute atomic E-state index is 0.0507. The maximum absolute atomic E-state index is 12.3. The van der Waals surface area contributed by atoms with Crippen molar-refractivity contribution in [1.82, 2.24) is 0 Å². The van der Waals surface area contributed by atoms with Crippen molar-refractivity contribution in [3.63, 3.8) is 0 Å². The van der Waals surface area contributed by atoms with E-state index in [0.29, 0.717) is 18.6 Å². The fraction of sp³-hybridized carbons (Fsp3) is 0.708. The Morgan fingerprint density at radius 2 is 1.83 bits per heavy atom. The Labute approximate surface area is 175 Å². The Balaban J connectivity index is 1.91. The largest absolute Gasteiger partial charge is 0.507 e. The lowest BCUT2D eigenvalue weighted by Crippen LogP contribution is -2.36. The van der Waals surface area contributed by atoms with E-state index in [4.69, 9.17) is 14.2 Å². The molecule has 1 aliphatic rings. The molecule has 1 saturated heterocycles. The molecule has 1 aromatic rings. The van der Waals surface area contributed by atoms with Crippen molar-refractivity contribution >= 4 is 5.97 Å². The van der Waals surface area contributed by atoms with Crippen LogP contribution in [0.1, 0.15) is 78.0 Å². The van der Waals surface area contributed by atoms with Crippen LogP contribution in [0.3, 0.4) is 0 Å². The lowest BCUT2D eigenvalue weighted by atomic mass is 9.83. The number of hydrogen-bond donors (Lipinski definition) is 1. The number of phenols is 1. The summed E-state index contributed by atoms with van der Waals surface area (Å²) < 4.78 is 17.5. The third-order valence-corrected chi connectivity index (χ3v) is 5.59. The summed E-state index contributed by atoms with van der Waals surface area (Å²) in [6.45, 7) is 16.4. The minimum atomic E-state index is -0.414. The normalized spacial score (nSPS) is 22.7. The molecule has 0 saturated carbocycles. The van der Waals surface area contributed by atoms with E-state index < -0.39 is 5.41 Å².